The Balaban J connectivity index is 2.14. The molecule has 0 radical (unpaired) electrons. The topological polar surface area (TPSA) is 69.4 Å². The molecule has 0 amide bonds. The minimum Gasteiger partial charge on any atom is -0.466 e. The van der Waals surface area contributed by atoms with Crippen LogP contribution in [-0.2, 0) is 9.53 Å². The fourth-order valence-electron chi connectivity index (χ4n) is 2.60. The molecule has 5 heteroatoms. The zero-order valence-corrected chi connectivity index (χ0v) is 12.4. The van der Waals surface area contributed by atoms with E-state index in [1.165, 1.54) is 25.3 Å². The summed E-state index contributed by atoms with van der Waals surface area (Å²) < 4.78 is 4.72. The lowest BCUT2D eigenvalue weighted by molar-refractivity contribution is -0.384. The molecule has 2 aromatic carbocycles. The summed E-state index contributed by atoms with van der Waals surface area (Å²) in [7, 11) is 1.32. The number of carbonyl (C=O) groups is 1. The number of carbonyl (C=O) groups excluding carboxylic acids is 1. The van der Waals surface area contributed by atoms with Crippen molar-refractivity contribution >= 4 is 28.9 Å². The van der Waals surface area contributed by atoms with E-state index < -0.39 is 10.9 Å². The van der Waals surface area contributed by atoms with Gasteiger partial charge in [-0.1, -0.05) is 36.4 Å². The Bertz CT molecular complexity index is 865. The predicted molar refractivity (Wildman–Crippen MR) is 87.4 cm³/mol. The number of esters is 1. The van der Waals surface area contributed by atoms with Crippen molar-refractivity contribution in [2.75, 3.05) is 7.11 Å². The SMILES string of the molecule is COC(=O)/C=C1/C(c2cccc([N+](=O)[O-])c2)=Cc2ccccc21. The second-order valence-electron chi connectivity index (χ2n) is 5.03. The number of ether oxygens (including phenoxy) is 1. The minimum atomic E-state index is -0.465. The van der Waals surface area contributed by atoms with Crippen molar-refractivity contribution in [2.45, 2.75) is 0 Å². The number of allylic oxidation sites excluding steroid dienone is 2. The molecule has 0 aliphatic heterocycles. The molecule has 1 aliphatic rings. The lowest BCUT2D eigenvalue weighted by Crippen LogP contribution is -1.98. The molecular weight excluding hydrogens is 294 g/mol. The zero-order valence-electron chi connectivity index (χ0n) is 12.4. The number of non-ortho nitro benzene ring substituents is 1. The number of nitro groups is 1. The molecule has 114 valence electrons. The molecule has 0 spiro atoms. The van der Waals surface area contributed by atoms with Crippen molar-refractivity contribution in [3.8, 4) is 0 Å². The first-order chi connectivity index (χ1) is 11.1. The van der Waals surface area contributed by atoms with Crippen LogP contribution in [0.2, 0.25) is 0 Å². The maximum atomic E-state index is 11.7. The molecule has 2 aromatic rings. The molecule has 0 saturated carbocycles. The normalized spacial score (nSPS) is 14.3. The fraction of sp³-hybridized carbons (Fsp3) is 0.0556. The van der Waals surface area contributed by atoms with Crippen molar-refractivity contribution in [3.63, 3.8) is 0 Å². The van der Waals surface area contributed by atoms with Gasteiger partial charge in [0.15, 0.2) is 0 Å². The largest absolute Gasteiger partial charge is 0.466 e. The number of nitro benzene ring substituents is 1. The van der Waals surface area contributed by atoms with Gasteiger partial charge in [0.2, 0.25) is 0 Å². The average molecular weight is 307 g/mol. The Morgan fingerprint density at radius 3 is 2.70 bits per heavy atom. The second-order valence-corrected chi connectivity index (χ2v) is 5.03. The summed E-state index contributed by atoms with van der Waals surface area (Å²) in [6.45, 7) is 0. The number of benzene rings is 2. The highest BCUT2D eigenvalue weighted by Crippen LogP contribution is 2.41. The lowest BCUT2D eigenvalue weighted by Gasteiger charge is -2.07. The molecule has 0 heterocycles. The van der Waals surface area contributed by atoms with Crippen LogP contribution >= 0.6 is 0 Å². The summed E-state index contributed by atoms with van der Waals surface area (Å²) in [5.41, 5.74) is 4.03. The van der Waals surface area contributed by atoms with Gasteiger partial charge in [-0.25, -0.2) is 4.79 Å². The summed E-state index contributed by atoms with van der Waals surface area (Å²) in [6, 6.07) is 14.0. The van der Waals surface area contributed by atoms with E-state index in [9.17, 15) is 14.9 Å². The van der Waals surface area contributed by atoms with Gasteiger partial charge in [0, 0.05) is 18.2 Å². The van der Waals surface area contributed by atoms with Gasteiger partial charge in [-0.05, 0) is 33.9 Å². The highest BCUT2D eigenvalue weighted by atomic mass is 16.6. The maximum absolute atomic E-state index is 11.7. The van der Waals surface area contributed by atoms with Crippen LogP contribution in [0.15, 0.2) is 54.6 Å². The van der Waals surface area contributed by atoms with Crippen molar-refractivity contribution in [1.82, 2.24) is 0 Å². The maximum Gasteiger partial charge on any atom is 0.331 e. The van der Waals surface area contributed by atoms with Gasteiger partial charge in [0.25, 0.3) is 5.69 Å². The minimum absolute atomic E-state index is 0.0109. The Kier molecular flexibility index (Phi) is 3.76. The van der Waals surface area contributed by atoms with Crippen molar-refractivity contribution in [3.05, 3.63) is 81.4 Å². The van der Waals surface area contributed by atoms with E-state index in [1.807, 2.05) is 30.3 Å². The summed E-state index contributed by atoms with van der Waals surface area (Å²) in [5, 5.41) is 11.0. The standard InChI is InChI=1S/C18H13NO4/c1-23-18(20)11-17-15-8-3-2-5-13(15)10-16(17)12-6-4-7-14(9-12)19(21)22/h2-11H,1H3/b17-11+. The second kappa shape index (κ2) is 5.88. The number of methoxy groups -OCH3 is 1. The molecule has 0 saturated heterocycles. The van der Waals surface area contributed by atoms with Gasteiger partial charge in [-0.3, -0.25) is 10.1 Å². The average Bonchev–Trinajstić information content (AvgIpc) is 2.93. The van der Waals surface area contributed by atoms with Gasteiger partial charge in [-0.15, -0.1) is 0 Å². The number of hydrogen-bond donors (Lipinski definition) is 0. The summed E-state index contributed by atoms with van der Waals surface area (Å²) >= 11 is 0. The first-order valence-electron chi connectivity index (χ1n) is 6.96. The van der Waals surface area contributed by atoms with Crippen LogP contribution in [0.25, 0.3) is 17.2 Å². The van der Waals surface area contributed by atoms with Crippen molar-refractivity contribution in [1.29, 1.82) is 0 Å². The molecule has 0 bridgehead atoms. The Labute approximate surface area is 132 Å². The molecule has 0 N–H and O–H groups in total. The third kappa shape index (κ3) is 2.76. The third-order valence-electron chi connectivity index (χ3n) is 3.67. The van der Waals surface area contributed by atoms with Crippen LogP contribution < -0.4 is 0 Å². The van der Waals surface area contributed by atoms with Crippen molar-refractivity contribution in [2.24, 2.45) is 0 Å². The first kappa shape index (κ1) is 14.7. The van der Waals surface area contributed by atoms with Crippen LogP contribution in [-0.4, -0.2) is 18.0 Å². The molecular formula is C18H13NO4. The Morgan fingerprint density at radius 2 is 1.96 bits per heavy atom. The third-order valence-corrected chi connectivity index (χ3v) is 3.67. The Morgan fingerprint density at radius 1 is 1.17 bits per heavy atom. The van der Waals surface area contributed by atoms with Crippen LogP contribution in [0.3, 0.4) is 0 Å². The molecule has 0 unspecified atom stereocenters. The predicted octanol–water partition coefficient (Wildman–Crippen LogP) is 3.71. The summed E-state index contributed by atoms with van der Waals surface area (Å²) in [4.78, 5) is 22.3. The number of hydrogen-bond acceptors (Lipinski definition) is 4. The summed E-state index contributed by atoms with van der Waals surface area (Å²) in [6.07, 6.45) is 3.33. The molecule has 5 nitrogen and oxygen atoms in total. The van der Waals surface area contributed by atoms with E-state index in [4.69, 9.17) is 4.74 Å². The van der Waals surface area contributed by atoms with E-state index in [0.717, 1.165) is 16.7 Å². The smallest absolute Gasteiger partial charge is 0.331 e. The van der Waals surface area contributed by atoms with Gasteiger partial charge in [0.1, 0.15) is 0 Å². The van der Waals surface area contributed by atoms with Gasteiger partial charge in [-0.2, -0.15) is 0 Å². The molecule has 0 atom stereocenters. The highest BCUT2D eigenvalue weighted by Gasteiger charge is 2.22. The lowest BCUT2D eigenvalue weighted by atomic mass is 9.97. The number of rotatable bonds is 3. The van der Waals surface area contributed by atoms with E-state index in [1.54, 1.807) is 12.1 Å². The van der Waals surface area contributed by atoms with Crippen molar-refractivity contribution < 1.29 is 14.5 Å². The van der Waals surface area contributed by atoms with Crippen LogP contribution in [0.5, 0.6) is 0 Å². The zero-order chi connectivity index (χ0) is 16.4. The molecule has 3 rings (SSSR count). The summed E-state index contributed by atoms with van der Waals surface area (Å²) in [5.74, 6) is -0.465. The Hall–Kier alpha value is -3.21. The number of fused-ring (bicyclic) bond motifs is 1. The van der Waals surface area contributed by atoms with Gasteiger partial charge >= 0.3 is 5.97 Å². The first-order valence-corrected chi connectivity index (χ1v) is 6.96. The van der Waals surface area contributed by atoms with E-state index >= 15 is 0 Å². The van der Waals surface area contributed by atoms with Crippen LogP contribution in [0.1, 0.15) is 16.7 Å². The van der Waals surface area contributed by atoms with Gasteiger partial charge in [0.05, 0.1) is 12.0 Å². The number of nitrogens with zero attached hydrogens (tertiary/aromatic N) is 1. The van der Waals surface area contributed by atoms with Crippen LogP contribution in [0, 0.1) is 10.1 Å². The monoisotopic (exact) mass is 307 g/mol. The van der Waals surface area contributed by atoms with E-state index in [0.29, 0.717) is 11.1 Å². The van der Waals surface area contributed by atoms with Crippen LogP contribution in [0.4, 0.5) is 5.69 Å². The van der Waals surface area contributed by atoms with E-state index in [-0.39, 0.29) is 5.69 Å². The molecule has 0 aromatic heterocycles. The molecule has 0 fully saturated rings. The highest BCUT2D eigenvalue weighted by molar-refractivity contribution is 6.20. The van der Waals surface area contributed by atoms with Gasteiger partial charge < -0.3 is 4.74 Å². The fourth-order valence-corrected chi connectivity index (χ4v) is 2.60. The quantitative estimate of drug-likeness (QED) is 0.375. The van der Waals surface area contributed by atoms with E-state index in [2.05, 4.69) is 0 Å². The molecule has 1 aliphatic carbocycles. The molecule has 23 heavy (non-hydrogen) atoms.